The summed E-state index contributed by atoms with van der Waals surface area (Å²) >= 11 is 1.79. The van der Waals surface area contributed by atoms with Crippen LogP contribution in [-0.4, -0.2) is 35.5 Å². The molecule has 24 heavy (non-hydrogen) atoms. The highest BCUT2D eigenvalue weighted by atomic mass is 32.1. The predicted octanol–water partition coefficient (Wildman–Crippen LogP) is 2.80. The minimum absolute atomic E-state index is 0.149. The molecule has 4 heterocycles. The number of anilines is 1. The van der Waals surface area contributed by atoms with Crippen molar-refractivity contribution in [2.75, 3.05) is 25.4 Å². The fourth-order valence-electron chi connectivity index (χ4n) is 3.73. The van der Waals surface area contributed by atoms with E-state index < -0.39 is 0 Å². The van der Waals surface area contributed by atoms with Gasteiger partial charge in [-0.15, -0.1) is 11.3 Å². The van der Waals surface area contributed by atoms with Crippen LogP contribution < -0.4 is 5.73 Å². The summed E-state index contributed by atoms with van der Waals surface area (Å²) in [6.07, 6.45) is 2.67. The topological polar surface area (TPSA) is 68.5 Å². The smallest absolute Gasteiger partial charge is 0.219 e. The molecule has 1 amide bonds. The van der Waals surface area contributed by atoms with E-state index in [9.17, 15) is 4.79 Å². The van der Waals surface area contributed by atoms with Crippen molar-refractivity contribution in [1.82, 2.24) is 9.88 Å². The highest BCUT2D eigenvalue weighted by molar-refractivity contribution is 7.15. The summed E-state index contributed by atoms with van der Waals surface area (Å²) in [6, 6.07) is 7.97. The number of nitrogens with zero attached hydrogens (tertiary/aromatic N) is 2. The van der Waals surface area contributed by atoms with Gasteiger partial charge in [0, 0.05) is 31.3 Å². The number of pyridine rings is 1. The lowest BCUT2D eigenvalue weighted by atomic mass is 9.82. The lowest BCUT2D eigenvalue weighted by Gasteiger charge is -2.43. The Morgan fingerprint density at radius 1 is 1.38 bits per heavy atom. The monoisotopic (exact) mass is 343 g/mol. The third-order valence-electron chi connectivity index (χ3n) is 5.05. The van der Waals surface area contributed by atoms with Gasteiger partial charge in [-0.1, -0.05) is 6.07 Å². The predicted molar refractivity (Wildman–Crippen MR) is 94.8 cm³/mol. The molecule has 0 aliphatic carbocycles. The molecule has 0 bridgehead atoms. The number of fused-ring (bicyclic) bond motifs is 2. The number of aromatic nitrogens is 1. The summed E-state index contributed by atoms with van der Waals surface area (Å²) in [4.78, 5) is 20.5. The van der Waals surface area contributed by atoms with Gasteiger partial charge in [-0.25, -0.2) is 4.98 Å². The molecular weight excluding hydrogens is 322 g/mol. The van der Waals surface area contributed by atoms with Crippen LogP contribution in [0.15, 0.2) is 24.3 Å². The molecule has 6 heteroatoms. The van der Waals surface area contributed by atoms with Crippen molar-refractivity contribution in [3.63, 3.8) is 0 Å². The number of ether oxygens (including phenoxy) is 1. The van der Waals surface area contributed by atoms with Gasteiger partial charge in [0.1, 0.15) is 5.82 Å². The minimum Gasteiger partial charge on any atom is -0.384 e. The van der Waals surface area contributed by atoms with Crippen molar-refractivity contribution in [2.24, 2.45) is 0 Å². The van der Waals surface area contributed by atoms with Gasteiger partial charge >= 0.3 is 0 Å². The number of likely N-dealkylation sites (tertiary alicyclic amines) is 1. The van der Waals surface area contributed by atoms with Crippen molar-refractivity contribution in [2.45, 2.75) is 31.8 Å². The summed E-state index contributed by atoms with van der Waals surface area (Å²) in [6.45, 7) is 3.91. The lowest BCUT2D eigenvalue weighted by Crippen LogP contribution is -2.47. The van der Waals surface area contributed by atoms with Gasteiger partial charge < -0.3 is 15.4 Å². The number of rotatable bonds is 1. The molecule has 0 atom stereocenters. The molecule has 0 aromatic carbocycles. The van der Waals surface area contributed by atoms with Crippen LogP contribution in [0, 0.1) is 0 Å². The first kappa shape index (κ1) is 15.6. The number of carbonyl (C=O) groups is 1. The fraction of sp³-hybridized carbons (Fsp3) is 0.444. The highest BCUT2D eigenvalue weighted by Gasteiger charge is 2.42. The molecule has 2 aliphatic heterocycles. The van der Waals surface area contributed by atoms with Gasteiger partial charge in [-0.05, 0) is 36.6 Å². The van der Waals surface area contributed by atoms with Gasteiger partial charge in [-0.3, -0.25) is 4.79 Å². The first-order chi connectivity index (χ1) is 11.6. The van der Waals surface area contributed by atoms with Gasteiger partial charge in [0.15, 0.2) is 0 Å². The average Bonchev–Trinajstić information content (AvgIpc) is 3.01. The molecule has 5 nitrogen and oxygen atoms in total. The molecule has 0 saturated carbocycles. The minimum atomic E-state index is -0.241. The van der Waals surface area contributed by atoms with Crippen LogP contribution in [0.1, 0.15) is 30.2 Å². The number of nitrogen functional groups attached to an aromatic ring is 1. The van der Waals surface area contributed by atoms with Crippen LogP contribution in [0.2, 0.25) is 0 Å². The number of hydrogen-bond donors (Lipinski definition) is 1. The second kappa shape index (κ2) is 5.86. The number of nitrogens with two attached hydrogens (primary N) is 1. The Morgan fingerprint density at radius 2 is 2.17 bits per heavy atom. The molecule has 1 fully saturated rings. The number of thiophene rings is 1. The maximum atomic E-state index is 11.6. The van der Waals surface area contributed by atoms with Crippen LogP contribution in [0.5, 0.6) is 0 Å². The van der Waals surface area contributed by atoms with Crippen LogP contribution in [0.4, 0.5) is 5.82 Å². The summed E-state index contributed by atoms with van der Waals surface area (Å²) in [7, 11) is 0. The zero-order valence-electron chi connectivity index (χ0n) is 13.7. The normalized spacial score (nSPS) is 19.3. The second-order valence-corrected chi connectivity index (χ2v) is 7.63. The SMILES string of the molecule is CC(=O)N1CCC2(CC1)OCCc1sc(-c3cccc(N)n3)cc12. The average molecular weight is 343 g/mol. The maximum absolute atomic E-state index is 11.6. The molecule has 2 aromatic heterocycles. The summed E-state index contributed by atoms with van der Waals surface area (Å²) in [5, 5.41) is 0. The van der Waals surface area contributed by atoms with E-state index in [0.29, 0.717) is 5.82 Å². The Balaban J connectivity index is 1.67. The first-order valence-electron chi connectivity index (χ1n) is 8.33. The molecule has 0 unspecified atom stereocenters. The molecule has 2 N–H and O–H groups in total. The third kappa shape index (κ3) is 2.59. The summed E-state index contributed by atoms with van der Waals surface area (Å²) in [5.74, 6) is 0.690. The van der Waals surface area contributed by atoms with Crippen LogP contribution in [-0.2, 0) is 21.6 Å². The summed E-state index contributed by atoms with van der Waals surface area (Å²) in [5.41, 5.74) is 7.80. The maximum Gasteiger partial charge on any atom is 0.219 e. The van der Waals surface area contributed by atoms with E-state index in [0.717, 1.165) is 49.5 Å². The van der Waals surface area contributed by atoms with E-state index in [1.807, 2.05) is 17.0 Å². The van der Waals surface area contributed by atoms with E-state index in [2.05, 4.69) is 11.1 Å². The zero-order chi connectivity index (χ0) is 16.7. The fourth-order valence-corrected chi connectivity index (χ4v) is 4.93. The summed E-state index contributed by atoms with van der Waals surface area (Å²) < 4.78 is 6.26. The lowest BCUT2D eigenvalue weighted by molar-refractivity contribution is -0.138. The van der Waals surface area contributed by atoms with Crippen molar-refractivity contribution < 1.29 is 9.53 Å². The number of piperidine rings is 1. The Morgan fingerprint density at radius 3 is 2.88 bits per heavy atom. The van der Waals surface area contributed by atoms with Crippen molar-refractivity contribution >= 4 is 23.1 Å². The quantitative estimate of drug-likeness (QED) is 0.864. The number of carbonyl (C=O) groups excluding carboxylic acids is 1. The Kier molecular flexibility index (Phi) is 3.81. The number of amides is 1. The molecule has 2 aliphatic rings. The molecule has 4 rings (SSSR count). The number of hydrogen-bond acceptors (Lipinski definition) is 5. The first-order valence-corrected chi connectivity index (χ1v) is 9.15. The van der Waals surface area contributed by atoms with E-state index in [1.165, 1.54) is 10.4 Å². The van der Waals surface area contributed by atoms with Gasteiger partial charge in [0.05, 0.1) is 22.8 Å². The van der Waals surface area contributed by atoms with Gasteiger partial charge in [0.25, 0.3) is 0 Å². The van der Waals surface area contributed by atoms with E-state index in [-0.39, 0.29) is 11.5 Å². The standard InChI is InChI=1S/C18H21N3O2S/c1-12(22)21-8-6-18(7-9-21)13-11-16(24-15(13)5-10-23-18)14-3-2-4-17(19)20-14/h2-4,11H,5-10H2,1H3,(H2,19,20). The van der Waals surface area contributed by atoms with E-state index >= 15 is 0 Å². The van der Waals surface area contributed by atoms with Crippen LogP contribution >= 0.6 is 11.3 Å². The molecule has 1 saturated heterocycles. The molecule has 0 radical (unpaired) electrons. The van der Waals surface area contributed by atoms with E-state index in [4.69, 9.17) is 10.5 Å². The molecular formula is C18H21N3O2S. The molecule has 1 spiro atoms. The molecule has 2 aromatic rings. The molecule has 126 valence electrons. The van der Waals surface area contributed by atoms with Gasteiger partial charge in [-0.2, -0.15) is 0 Å². The Bertz CT molecular complexity index is 778. The largest absolute Gasteiger partial charge is 0.384 e. The Hall–Kier alpha value is -1.92. The van der Waals surface area contributed by atoms with E-state index in [1.54, 1.807) is 24.3 Å². The van der Waals surface area contributed by atoms with Crippen molar-refractivity contribution in [3.05, 3.63) is 34.7 Å². The Labute approximate surface area is 145 Å². The third-order valence-corrected chi connectivity index (χ3v) is 6.26. The van der Waals surface area contributed by atoms with Crippen LogP contribution in [0.3, 0.4) is 0 Å². The highest BCUT2D eigenvalue weighted by Crippen LogP contribution is 2.46. The van der Waals surface area contributed by atoms with Crippen molar-refractivity contribution in [3.8, 4) is 10.6 Å². The van der Waals surface area contributed by atoms with Crippen molar-refractivity contribution in [1.29, 1.82) is 0 Å². The van der Waals surface area contributed by atoms with Gasteiger partial charge in [0.2, 0.25) is 5.91 Å². The second-order valence-electron chi connectivity index (χ2n) is 6.49. The zero-order valence-corrected chi connectivity index (χ0v) is 14.6. The van der Waals surface area contributed by atoms with Crippen LogP contribution in [0.25, 0.3) is 10.6 Å².